The van der Waals surface area contributed by atoms with E-state index in [1.54, 1.807) is 18.4 Å². The lowest BCUT2D eigenvalue weighted by Gasteiger charge is -2.04. The number of methoxy groups -OCH3 is 1. The Hall–Kier alpha value is -0.490. The predicted molar refractivity (Wildman–Crippen MR) is 56.1 cm³/mol. The zero-order valence-corrected chi connectivity index (χ0v) is 9.60. The highest BCUT2D eigenvalue weighted by molar-refractivity contribution is 7.11. The standard InChI is InChI=1S/C9H16N2O2S/c1-11(2)4-9-10-7(6-13-3)8(5-12)14-9/h12H,4-6H2,1-3H3. The van der Waals surface area contributed by atoms with E-state index in [0.29, 0.717) is 6.61 Å². The van der Waals surface area contributed by atoms with Crippen LogP contribution < -0.4 is 0 Å². The normalized spacial score (nSPS) is 11.2. The second kappa shape index (κ2) is 5.41. The fourth-order valence-electron chi connectivity index (χ4n) is 1.15. The van der Waals surface area contributed by atoms with Crippen LogP contribution in [0.5, 0.6) is 0 Å². The summed E-state index contributed by atoms with van der Waals surface area (Å²) in [5.74, 6) is 0. The largest absolute Gasteiger partial charge is 0.391 e. The first kappa shape index (κ1) is 11.6. The maximum atomic E-state index is 9.09. The van der Waals surface area contributed by atoms with Crippen molar-refractivity contribution in [2.75, 3.05) is 21.2 Å². The highest BCUT2D eigenvalue weighted by atomic mass is 32.1. The molecule has 5 heteroatoms. The molecule has 1 aromatic heterocycles. The van der Waals surface area contributed by atoms with Crippen LogP contribution in [0, 0.1) is 0 Å². The van der Waals surface area contributed by atoms with Crippen molar-refractivity contribution in [3.05, 3.63) is 15.6 Å². The van der Waals surface area contributed by atoms with Gasteiger partial charge in [0.2, 0.25) is 0 Å². The Bertz CT molecular complexity index is 286. The Kier molecular flexibility index (Phi) is 4.47. The van der Waals surface area contributed by atoms with Crippen LogP contribution in [-0.2, 0) is 24.5 Å². The summed E-state index contributed by atoms with van der Waals surface area (Å²) in [4.78, 5) is 7.36. The van der Waals surface area contributed by atoms with Crippen molar-refractivity contribution in [1.29, 1.82) is 0 Å². The summed E-state index contributed by atoms with van der Waals surface area (Å²) in [6, 6.07) is 0. The molecule has 80 valence electrons. The number of hydrogen-bond acceptors (Lipinski definition) is 5. The van der Waals surface area contributed by atoms with Gasteiger partial charge < -0.3 is 14.7 Å². The summed E-state index contributed by atoms with van der Waals surface area (Å²) < 4.78 is 5.01. The number of hydrogen-bond donors (Lipinski definition) is 1. The molecule has 0 aromatic carbocycles. The van der Waals surface area contributed by atoms with Crippen molar-refractivity contribution in [3.8, 4) is 0 Å². The molecule has 0 aliphatic rings. The lowest BCUT2D eigenvalue weighted by atomic mass is 10.4. The lowest BCUT2D eigenvalue weighted by Crippen LogP contribution is -2.10. The second-order valence-electron chi connectivity index (χ2n) is 3.31. The summed E-state index contributed by atoms with van der Waals surface area (Å²) in [6.07, 6.45) is 0. The third kappa shape index (κ3) is 3.02. The average molecular weight is 216 g/mol. The van der Waals surface area contributed by atoms with Gasteiger partial charge in [-0.25, -0.2) is 4.98 Å². The van der Waals surface area contributed by atoms with Crippen molar-refractivity contribution in [3.63, 3.8) is 0 Å². The van der Waals surface area contributed by atoms with E-state index in [2.05, 4.69) is 9.88 Å². The van der Waals surface area contributed by atoms with Crippen molar-refractivity contribution in [2.45, 2.75) is 19.8 Å². The van der Waals surface area contributed by atoms with Gasteiger partial charge in [0.05, 0.1) is 23.8 Å². The number of aliphatic hydroxyl groups is 1. The Morgan fingerprint density at radius 2 is 2.21 bits per heavy atom. The van der Waals surface area contributed by atoms with Crippen LogP contribution in [0.25, 0.3) is 0 Å². The van der Waals surface area contributed by atoms with Gasteiger partial charge >= 0.3 is 0 Å². The van der Waals surface area contributed by atoms with E-state index in [-0.39, 0.29) is 6.61 Å². The molecule has 4 nitrogen and oxygen atoms in total. The van der Waals surface area contributed by atoms with Gasteiger partial charge in [0.25, 0.3) is 0 Å². The first-order chi connectivity index (χ1) is 6.67. The molecule has 0 aliphatic carbocycles. The smallest absolute Gasteiger partial charge is 0.107 e. The van der Waals surface area contributed by atoms with E-state index in [0.717, 1.165) is 22.1 Å². The summed E-state index contributed by atoms with van der Waals surface area (Å²) >= 11 is 1.54. The lowest BCUT2D eigenvalue weighted by molar-refractivity contribution is 0.178. The zero-order chi connectivity index (χ0) is 10.6. The van der Waals surface area contributed by atoms with Crippen molar-refractivity contribution in [1.82, 2.24) is 9.88 Å². The van der Waals surface area contributed by atoms with Gasteiger partial charge in [0, 0.05) is 13.7 Å². The van der Waals surface area contributed by atoms with Crippen LogP contribution in [0.2, 0.25) is 0 Å². The highest BCUT2D eigenvalue weighted by Gasteiger charge is 2.10. The Labute approximate surface area is 88.1 Å². The van der Waals surface area contributed by atoms with Gasteiger partial charge in [-0.2, -0.15) is 0 Å². The van der Waals surface area contributed by atoms with Crippen molar-refractivity contribution in [2.24, 2.45) is 0 Å². The molecule has 0 bridgehead atoms. The van der Waals surface area contributed by atoms with Gasteiger partial charge in [-0.3, -0.25) is 0 Å². The highest BCUT2D eigenvalue weighted by Crippen LogP contribution is 2.20. The number of ether oxygens (including phenoxy) is 1. The molecule has 1 aromatic rings. The molecule has 1 heterocycles. The van der Waals surface area contributed by atoms with Crippen LogP contribution in [0.1, 0.15) is 15.6 Å². The topological polar surface area (TPSA) is 45.6 Å². The molecule has 1 rings (SSSR count). The third-order valence-corrected chi connectivity index (χ3v) is 2.77. The molecular formula is C9H16N2O2S. The number of nitrogens with zero attached hydrogens (tertiary/aromatic N) is 2. The average Bonchev–Trinajstić information content (AvgIpc) is 2.47. The molecule has 0 atom stereocenters. The Morgan fingerprint density at radius 3 is 2.71 bits per heavy atom. The molecule has 0 aliphatic heterocycles. The van der Waals surface area contributed by atoms with Crippen molar-refractivity contribution < 1.29 is 9.84 Å². The predicted octanol–water partition coefficient (Wildman–Crippen LogP) is 0.843. The summed E-state index contributed by atoms with van der Waals surface area (Å²) in [6.45, 7) is 1.32. The molecule has 0 saturated heterocycles. The van der Waals surface area contributed by atoms with Gasteiger partial charge in [0.1, 0.15) is 5.01 Å². The van der Waals surface area contributed by atoms with Crippen molar-refractivity contribution >= 4 is 11.3 Å². The Balaban J connectivity index is 2.77. The minimum atomic E-state index is 0.0454. The van der Waals surface area contributed by atoms with E-state index < -0.39 is 0 Å². The fraction of sp³-hybridized carbons (Fsp3) is 0.667. The molecule has 14 heavy (non-hydrogen) atoms. The van der Waals surface area contributed by atoms with Gasteiger partial charge in [-0.15, -0.1) is 11.3 Å². The summed E-state index contributed by atoms with van der Waals surface area (Å²) in [7, 11) is 5.62. The molecule has 0 radical (unpaired) electrons. The first-order valence-corrected chi connectivity index (χ1v) is 5.21. The third-order valence-electron chi connectivity index (χ3n) is 1.70. The van der Waals surface area contributed by atoms with E-state index in [4.69, 9.17) is 9.84 Å². The second-order valence-corrected chi connectivity index (χ2v) is 4.47. The minimum Gasteiger partial charge on any atom is -0.391 e. The van der Waals surface area contributed by atoms with E-state index in [1.807, 2.05) is 14.1 Å². The number of aromatic nitrogens is 1. The van der Waals surface area contributed by atoms with Crippen LogP contribution in [0.4, 0.5) is 0 Å². The zero-order valence-electron chi connectivity index (χ0n) is 8.78. The molecule has 1 N–H and O–H groups in total. The summed E-state index contributed by atoms with van der Waals surface area (Å²) in [5, 5.41) is 10.1. The Morgan fingerprint density at radius 1 is 1.50 bits per heavy atom. The number of thiazole rings is 1. The summed E-state index contributed by atoms with van der Waals surface area (Å²) in [5.41, 5.74) is 0.858. The first-order valence-electron chi connectivity index (χ1n) is 4.39. The van der Waals surface area contributed by atoms with Gasteiger partial charge in [-0.05, 0) is 14.1 Å². The monoisotopic (exact) mass is 216 g/mol. The number of aliphatic hydroxyl groups excluding tert-OH is 1. The molecule has 0 saturated carbocycles. The number of rotatable bonds is 5. The van der Waals surface area contributed by atoms with Crippen LogP contribution in [-0.4, -0.2) is 36.2 Å². The van der Waals surface area contributed by atoms with E-state index >= 15 is 0 Å². The van der Waals surface area contributed by atoms with E-state index in [9.17, 15) is 0 Å². The van der Waals surface area contributed by atoms with Crippen LogP contribution in [0.15, 0.2) is 0 Å². The van der Waals surface area contributed by atoms with Crippen LogP contribution >= 0.6 is 11.3 Å². The van der Waals surface area contributed by atoms with Gasteiger partial charge in [-0.1, -0.05) is 0 Å². The van der Waals surface area contributed by atoms with E-state index in [1.165, 1.54) is 0 Å². The molecule has 0 amide bonds. The quantitative estimate of drug-likeness (QED) is 0.792. The molecule has 0 spiro atoms. The minimum absolute atomic E-state index is 0.0454. The maximum Gasteiger partial charge on any atom is 0.107 e. The SMILES string of the molecule is COCc1nc(CN(C)C)sc1CO. The maximum absolute atomic E-state index is 9.09. The fourth-order valence-corrected chi connectivity index (χ4v) is 2.20. The molecule has 0 fully saturated rings. The van der Waals surface area contributed by atoms with Gasteiger partial charge in [0.15, 0.2) is 0 Å². The molecular weight excluding hydrogens is 200 g/mol. The molecule has 0 unspecified atom stereocenters. The van der Waals surface area contributed by atoms with Crippen LogP contribution in [0.3, 0.4) is 0 Å².